The van der Waals surface area contributed by atoms with Crippen molar-refractivity contribution in [2.24, 2.45) is 0 Å². The van der Waals surface area contributed by atoms with Gasteiger partial charge in [-0.3, -0.25) is 4.79 Å². The van der Waals surface area contributed by atoms with Gasteiger partial charge in [0.15, 0.2) is 5.82 Å². The molecule has 0 aliphatic heterocycles. The fraction of sp³-hybridized carbons (Fsp3) is 0.227. The molecule has 7 heteroatoms. The lowest BCUT2D eigenvalue weighted by molar-refractivity contribution is 0.306. The summed E-state index contributed by atoms with van der Waals surface area (Å²) in [6.07, 6.45) is 5.08. The second-order valence-corrected chi connectivity index (χ2v) is 7.69. The Bertz CT molecular complexity index is 1210. The molecule has 2 aromatic carbocycles. The Morgan fingerprint density at radius 1 is 1.10 bits per heavy atom. The van der Waals surface area contributed by atoms with Crippen molar-refractivity contribution >= 4 is 22.4 Å². The third-order valence-corrected chi connectivity index (χ3v) is 5.44. The summed E-state index contributed by atoms with van der Waals surface area (Å²) in [6.45, 7) is 2.87. The first kappa shape index (κ1) is 19.3. The molecule has 2 heterocycles. The Balaban J connectivity index is 1.55. The molecule has 2 aromatic heterocycles. The quantitative estimate of drug-likeness (QED) is 0.432. The van der Waals surface area contributed by atoms with E-state index in [1.54, 1.807) is 18.2 Å². The van der Waals surface area contributed by atoms with Crippen LogP contribution in [0, 0.1) is 5.82 Å². The molecule has 0 bridgehead atoms. The van der Waals surface area contributed by atoms with Crippen molar-refractivity contribution in [1.82, 2.24) is 14.6 Å². The fourth-order valence-electron chi connectivity index (χ4n) is 2.91. The Kier molecular flexibility index (Phi) is 5.67. The van der Waals surface area contributed by atoms with Gasteiger partial charge < -0.3 is 4.74 Å². The van der Waals surface area contributed by atoms with Crippen LogP contribution in [-0.2, 0) is 0 Å². The molecule has 29 heavy (non-hydrogen) atoms. The van der Waals surface area contributed by atoms with Gasteiger partial charge in [-0.25, -0.2) is 4.39 Å². The fourth-order valence-corrected chi connectivity index (χ4v) is 3.82. The highest BCUT2D eigenvalue weighted by Crippen LogP contribution is 2.20. The average Bonchev–Trinajstić information content (AvgIpc) is 3.27. The van der Waals surface area contributed by atoms with Crippen molar-refractivity contribution in [3.63, 3.8) is 0 Å². The maximum Gasteiger partial charge on any atom is 0.291 e. The van der Waals surface area contributed by atoms with Crippen molar-refractivity contribution in [1.29, 1.82) is 0 Å². The number of unbranched alkanes of at least 4 members (excludes halogenated alkanes) is 2. The zero-order valence-electron chi connectivity index (χ0n) is 16.0. The van der Waals surface area contributed by atoms with Crippen molar-refractivity contribution in [3.05, 3.63) is 74.8 Å². The van der Waals surface area contributed by atoms with Crippen LogP contribution in [0.3, 0.4) is 0 Å². The van der Waals surface area contributed by atoms with Crippen LogP contribution in [0.2, 0.25) is 0 Å². The predicted molar refractivity (Wildman–Crippen MR) is 113 cm³/mol. The van der Waals surface area contributed by atoms with E-state index in [2.05, 4.69) is 17.0 Å². The molecule has 0 fully saturated rings. The van der Waals surface area contributed by atoms with Gasteiger partial charge in [-0.15, -0.1) is 5.10 Å². The largest absolute Gasteiger partial charge is 0.494 e. The molecule has 0 atom stereocenters. The van der Waals surface area contributed by atoms with Gasteiger partial charge in [-0.05, 0) is 54.5 Å². The second kappa shape index (κ2) is 8.53. The van der Waals surface area contributed by atoms with Crippen LogP contribution in [0.4, 0.5) is 4.39 Å². The monoisotopic (exact) mass is 409 g/mol. The molecule has 5 nitrogen and oxygen atoms in total. The number of rotatable bonds is 7. The molecule has 0 N–H and O–H groups in total. The van der Waals surface area contributed by atoms with Crippen LogP contribution in [0.5, 0.6) is 5.75 Å². The summed E-state index contributed by atoms with van der Waals surface area (Å²) in [4.78, 5) is 17.6. The second-order valence-electron chi connectivity index (χ2n) is 6.68. The summed E-state index contributed by atoms with van der Waals surface area (Å²) >= 11 is 1.26. The number of benzene rings is 2. The van der Waals surface area contributed by atoms with Gasteiger partial charge in [0.1, 0.15) is 11.6 Å². The maximum absolute atomic E-state index is 13.0. The topological polar surface area (TPSA) is 56.5 Å². The van der Waals surface area contributed by atoms with E-state index >= 15 is 0 Å². The van der Waals surface area contributed by atoms with E-state index in [9.17, 15) is 9.18 Å². The molecule has 0 unspecified atom stereocenters. The Morgan fingerprint density at radius 2 is 1.86 bits per heavy atom. The molecule has 0 amide bonds. The maximum atomic E-state index is 13.0. The number of fused-ring (bicyclic) bond motifs is 1. The molecule has 0 saturated heterocycles. The SMILES string of the molecule is CCCCCOc1ccc(-c2nc3sc(=Cc4ccc(F)cc4)c(=O)n3n2)cc1. The van der Waals surface area contributed by atoms with Crippen molar-refractivity contribution in [2.75, 3.05) is 6.61 Å². The van der Waals surface area contributed by atoms with Crippen LogP contribution in [0.15, 0.2) is 53.3 Å². The first-order valence-corrected chi connectivity index (χ1v) is 10.4. The lowest BCUT2D eigenvalue weighted by atomic mass is 10.2. The molecule has 0 spiro atoms. The van der Waals surface area contributed by atoms with Crippen molar-refractivity contribution < 1.29 is 9.13 Å². The van der Waals surface area contributed by atoms with Crippen molar-refractivity contribution in [2.45, 2.75) is 26.2 Å². The zero-order valence-corrected chi connectivity index (χ0v) is 16.8. The standard InChI is InChI=1S/C22H20FN3O2S/c1-2-3-4-13-28-18-11-7-16(8-12-18)20-24-22-26(25-20)21(27)19(29-22)14-15-5-9-17(23)10-6-15/h5-12,14H,2-4,13H2,1H3. The molecular weight excluding hydrogens is 389 g/mol. The smallest absolute Gasteiger partial charge is 0.291 e. The Labute approximate surface area is 171 Å². The normalized spacial score (nSPS) is 12.0. The number of thiazole rings is 1. The van der Waals surface area contributed by atoms with Crippen LogP contribution in [0.1, 0.15) is 31.7 Å². The van der Waals surface area contributed by atoms with E-state index in [1.807, 2.05) is 24.3 Å². The van der Waals surface area contributed by atoms with Crippen LogP contribution in [0.25, 0.3) is 22.4 Å². The highest BCUT2D eigenvalue weighted by atomic mass is 32.1. The Hall–Kier alpha value is -3.06. The van der Waals surface area contributed by atoms with Gasteiger partial charge in [-0.2, -0.15) is 9.50 Å². The van der Waals surface area contributed by atoms with Crippen LogP contribution in [-0.4, -0.2) is 21.2 Å². The van der Waals surface area contributed by atoms with Gasteiger partial charge >= 0.3 is 0 Å². The van der Waals surface area contributed by atoms with E-state index in [0.29, 0.717) is 21.9 Å². The third kappa shape index (κ3) is 4.35. The zero-order chi connectivity index (χ0) is 20.2. The van der Waals surface area contributed by atoms with Gasteiger partial charge in [0, 0.05) is 5.56 Å². The summed E-state index contributed by atoms with van der Waals surface area (Å²) in [7, 11) is 0. The summed E-state index contributed by atoms with van der Waals surface area (Å²) < 4.78 is 20.6. The number of hydrogen-bond donors (Lipinski definition) is 0. The first-order chi connectivity index (χ1) is 14.1. The predicted octanol–water partition coefficient (Wildman–Crippen LogP) is 4.07. The minimum atomic E-state index is -0.311. The van der Waals surface area contributed by atoms with Crippen LogP contribution >= 0.6 is 11.3 Å². The molecule has 4 rings (SSSR count). The molecule has 0 aliphatic carbocycles. The van der Waals surface area contributed by atoms with E-state index in [4.69, 9.17) is 4.74 Å². The number of aromatic nitrogens is 3. The highest BCUT2D eigenvalue weighted by molar-refractivity contribution is 7.15. The van der Waals surface area contributed by atoms with E-state index in [1.165, 1.54) is 28.0 Å². The van der Waals surface area contributed by atoms with E-state index in [0.717, 1.165) is 36.1 Å². The van der Waals surface area contributed by atoms with E-state index < -0.39 is 0 Å². The lowest BCUT2D eigenvalue weighted by Gasteiger charge is -2.05. The van der Waals surface area contributed by atoms with Crippen LogP contribution < -0.4 is 14.8 Å². The van der Waals surface area contributed by atoms with Gasteiger partial charge in [0.25, 0.3) is 5.56 Å². The summed E-state index contributed by atoms with van der Waals surface area (Å²) in [5.41, 5.74) is 1.34. The van der Waals surface area contributed by atoms with E-state index in [-0.39, 0.29) is 11.4 Å². The summed E-state index contributed by atoms with van der Waals surface area (Å²) in [5, 5.41) is 4.36. The average molecular weight is 409 g/mol. The number of ether oxygens (including phenoxy) is 1. The minimum Gasteiger partial charge on any atom is -0.494 e. The van der Waals surface area contributed by atoms with Gasteiger partial charge in [0.05, 0.1) is 11.1 Å². The number of hydrogen-bond acceptors (Lipinski definition) is 5. The molecule has 4 aromatic rings. The number of halogens is 1. The molecule has 0 radical (unpaired) electrons. The third-order valence-electron chi connectivity index (χ3n) is 4.48. The molecule has 0 saturated carbocycles. The Morgan fingerprint density at radius 3 is 2.55 bits per heavy atom. The van der Waals surface area contributed by atoms with Gasteiger partial charge in [-0.1, -0.05) is 43.2 Å². The first-order valence-electron chi connectivity index (χ1n) is 9.54. The number of nitrogens with zero attached hydrogens (tertiary/aromatic N) is 3. The molecular formula is C22H20FN3O2S. The molecule has 0 aliphatic rings. The van der Waals surface area contributed by atoms with Crippen molar-refractivity contribution in [3.8, 4) is 17.1 Å². The molecule has 148 valence electrons. The summed E-state index contributed by atoms with van der Waals surface area (Å²) in [6, 6.07) is 13.6. The highest BCUT2D eigenvalue weighted by Gasteiger charge is 2.12. The minimum absolute atomic E-state index is 0.232. The summed E-state index contributed by atoms with van der Waals surface area (Å²) in [5.74, 6) is 1.000. The van der Waals surface area contributed by atoms with Gasteiger partial charge in [0.2, 0.25) is 4.96 Å². The lowest BCUT2D eigenvalue weighted by Crippen LogP contribution is -2.23.